The zero-order chi connectivity index (χ0) is 16.5. The van der Waals surface area contributed by atoms with E-state index in [4.69, 9.17) is 4.99 Å². The van der Waals surface area contributed by atoms with Gasteiger partial charge in [-0.25, -0.2) is 5.01 Å². The second kappa shape index (κ2) is 6.23. The minimum atomic E-state index is -0.122. The average molecular weight is 304 g/mol. The first-order valence-electron chi connectivity index (χ1n) is 8.34. The van der Waals surface area contributed by atoms with E-state index in [0.29, 0.717) is 11.8 Å². The number of hydrazone groups is 1. The number of hydrogen-bond donors (Lipinski definition) is 1. The summed E-state index contributed by atoms with van der Waals surface area (Å²) in [6.45, 7) is 13.3. The molecule has 1 N–H and O–H groups in total. The smallest absolute Gasteiger partial charge is 0.228 e. The molecule has 0 aromatic rings. The van der Waals surface area contributed by atoms with Crippen LogP contribution in [0.5, 0.6) is 0 Å². The predicted octanol–water partition coefficient (Wildman–Crippen LogP) is 2.94. The van der Waals surface area contributed by atoms with E-state index in [2.05, 4.69) is 38.1 Å². The van der Waals surface area contributed by atoms with Gasteiger partial charge in [-0.3, -0.25) is 9.79 Å². The number of aliphatic imine (C=N–C) groups is 1. The minimum absolute atomic E-state index is 0.0990. The van der Waals surface area contributed by atoms with E-state index >= 15 is 0 Å². The highest BCUT2D eigenvalue weighted by molar-refractivity contribution is 6.13. The predicted molar refractivity (Wildman–Crippen MR) is 90.8 cm³/mol. The normalized spacial score (nSPS) is 22.1. The Morgan fingerprint density at radius 1 is 1.36 bits per heavy atom. The largest absolute Gasteiger partial charge is 0.309 e. The molecule has 0 bridgehead atoms. The summed E-state index contributed by atoms with van der Waals surface area (Å²) in [6, 6.07) is 0. The third-order valence-electron chi connectivity index (χ3n) is 3.79. The molecule has 0 unspecified atom stereocenters. The molecular formula is C17H28N4O. The first-order valence-corrected chi connectivity index (χ1v) is 8.34. The summed E-state index contributed by atoms with van der Waals surface area (Å²) in [5.74, 6) is 2.26. The van der Waals surface area contributed by atoms with Gasteiger partial charge in [-0.2, -0.15) is 5.10 Å². The fraction of sp³-hybridized carbons (Fsp3) is 0.706. The molecule has 0 atom stereocenters. The van der Waals surface area contributed by atoms with Crippen molar-refractivity contribution in [3.63, 3.8) is 0 Å². The molecule has 0 aromatic carbocycles. The Kier molecular flexibility index (Phi) is 4.73. The van der Waals surface area contributed by atoms with Crippen LogP contribution in [0.2, 0.25) is 0 Å². The first kappa shape index (κ1) is 16.7. The zero-order valence-electron chi connectivity index (χ0n) is 14.6. The van der Waals surface area contributed by atoms with E-state index in [9.17, 15) is 4.79 Å². The topological polar surface area (TPSA) is 57.1 Å². The van der Waals surface area contributed by atoms with E-state index in [1.165, 1.54) is 0 Å². The van der Waals surface area contributed by atoms with E-state index < -0.39 is 0 Å². The van der Waals surface area contributed by atoms with Crippen molar-refractivity contribution in [3.05, 3.63) is 11.6 Å². The molecule has 2 aliphatic heterocycles. The molecule has 1 amide bonds. The number of fused-ring (bicyclic) bond motifs is 1. The standard InChI is InChI=1S/C15H22N4O.C2H6/c1-9(2)11-7-12(16-14(20)10-5-6-10)18-19-8-15(3,4)17-13(11)19;1-2/h7,9-10H,5-6,8H2,1-4H3,(H,16,18,20);1-2H3. The molecule has 0 spiro atoms. The Morgan fingerprint density at radius 2 is 2.00 bits per heavy atom. The van der Waals surface area contributed by atoms with Crippen LogP contribution in [0.25, 0.3) is 0 Å². The molecule has 3 aliphatic rings. The summed E-state index contributed by atoms with van der Waals surface area (Å²) in [6.07, 6.45) is 3.98. The molecule has 1 saturated carbocycles. The summed E-state index contributed by atoms with van der Waals surface area (Å²) in [5, 5.41) is 9.41. The Morgan fingerprint density at radius 3 is 2.55 bits per heavy atom. The van der Waals surface area contributed by atoms with Crippen molar-refractivity contribution in [1.82, 2.24) is 10.3 Å². The summed E-state index contributed by atoms with van der Waals surface area (Å²) < 4.78 is 0. The number of carbonyl (C=O) groups excluding carboxylic acids is 1. The molecule has 1 fully saturated rings. The van der Waals surface area contributed by atoms with Crippen molar-refractivity contribution < 1.29 is 4.79 Å². The highest BCUT2D eigenvalue weighted by atomic mass is 16.2. The molecule has 22 heavy (non-hydrogen) atoms. The lowest BCUT2D eigenvalue weighted by Gasteiger charge is -2.25. The van der Waals surface area contributed by atoms with E-state index in [1.54, 1.807) is 0 Å². The molecule has 5 heteroatoms. The van der Waals surface area contributed by atoms with Crippen molar-refractivity contribution in [2.24, 2.45) is 21.9 Å². The number of hydrogen-bond acceptors (Lipinski definition) is 4. The van der Waals surface area contributed by atoms with Gasteiger partial charge in [0.25, 0.3) is 0 Å². The van der Waals surface area contributed by atoms with Crippen LogP contribution in [0.4, 0.5) is 0 Å². The second-order valence-electron chi connectivity index (χ2n) is 6.81. The van der Waals surface area contributed by atoms with Crippen LogP contribution in [0, 0.1) is 11.8 Å². The molecule has 2 heterocycles. The monoisotopic (exact) mass is 304 g/mol. The number of carbonyl (C=O) groups is 1. The van der Waals surface area contributed by atoms with Gasteiger partial charge in [-0.05, 0) is 38.7 Å². The van der Waals surface area contributed by atoms with E-state index in [-0.39, 0.29) is 17.4 Å². The highest BCUT2D eigenvalue weighted by Gasteiger charge is 2.37. The number of amides is 1. The number of nitrogens with zero attached hydrogens (tertiary/aromatic N) is 3. The van der Waals surface area contributed by atoms with Crippen molar-refractivity contribution in [1.29, 1.82) is 0 Å². The maximum atomic E-state index is 11.9. The maximum Gasteiger partial charge on any atom is 0.228 e. The third-order valence-corrected chi connectivity index (χ3v) is 3.79. The van der Waals surface area contributed by atoms with Gasteiger partial charge in [0.2, 0.25) is 5.91 Å². The molecule has 0 aromatic heterocycles. The number of nitrogens with one attached hydrogen (secondary N) is 1. The van der Waals surface area contributed by atoms with Gasteiger partial charge < -0.3 is 5.32 Å². The van der Waals surface area contributed by atoms with Gasteiger partial charge in [-0.15, -0.1) is 0 Å². The summed E-state index contributed by atoms with van der Waals surface area (Å²) in [4.78, 5) is 16.7. The quantitative estimate of drug-likeness (QED) is 0.852. The van der Waals surface area contributed by atoms with Crippen LogP contribution in [-0.2, 0) is 4.79 Å². The second-order valence-corrected chi connectivity index (χ2v) is 6.81. The summed E-state index contributed by atoms with van der Waals surface area (Å²) >= 11 is 0. The van der Waals surface area contributed by atoms with Crippen LogP contribution in [0.1, 0.15) is 54.4 Å². The highest BCUT2D eigenvalue weighted by Crippen LogP contribution is 2.30. The molecule has 122 valence electrons. The molecular weight excluding hydrogens is 276 g/mol. The molecule has 0 saturated heterocycles. The van der Waals surface area contributed by atoms with E-state index in [1.807, 2.05) is 24.9 Å². The van der Waals surface area contributed by atoms with Crippen LogP contribution in [0.15, 0.2) is 21.7 Å². The molecule has 0 radical (unpaired) electrons. The van der Waals surface area contributed by atoms with Gasteiger partial charge >= 0.3 is 0 Å². The van der Waals surface area contributed by atoms with Gasteiger partial charge in [0, 0.05) is 11.5 Å². The Balaban J connectivity index is 0.000000847. The fourth-order valence-corrected chi connectivity index (χ4v) is 2.55. The van der Waals surface area contributed by atoms with Crippen molar-refractivity contribution in [3.8, 4) is 0 Å². The van der Waals surface area contributed by atoms with Gasteiger partial charge in [0.05, 0.1) is 12.1 Å². The van der Waals surface area contributed by atoms with Crippen LogP contribution < -0.4 is 5.32 Å². The van der Waals surface area contributed by atoms with Gasteiger partial charge in [0.15, 0.2) is 5.84 Å². The molecule has 3 rings (SSSR count). The van der Waals surface area contributed by atoms with Gasteiger partial charge in [0.1, 0.15) is 5.84 Å². The summed E-state index contributed by atoms with van der Waals surface area (Å²) in [5.41, 5.74) is 1.03. The first-order chi connectivity index (χ1) is 10.4. The van der Waals surface area contributed by atoms with Crippen molar-refractivity contribution in [2.75, 3.05) is 6.54 Å². The van der Waals surface area contributed by atoms with Gasteiger partial charge in [-0.1, -0.05) is 27.7 Å². The zero-order valence-corrected chi connectivity index (χ0v) is 14.6. The van der Waals surface area contributed by atoms with Crippen LogP contribution in [0.3, 0.4) is 0 Å². The Hall–Kier alpha value is -1.65. The fourth-order valence-electron chi connectivity index (χ4n) is 2.55. The van der Waals surface area contributed by atoms with Crippen molar-refractivity contribution >= 4 is 17.6 Å². The van der Waals surface area contributed by atoms with Crippen molar-refractivity contribution in [2.45, 2.75) is 59.9 Å². The Labute approximate surface area is 133 Å². The third kappa shape index (κ3) is 3.57. The summed E-state index contributed by atoms with van der Waals surface area (Å²) in [7, 11) is 0. The number of amidine groups is 2. The SMILES string of the molecule is CC.CC(C)C1=CC(NC(=O)C2CC2)=NN2CC(C)(C)N=C12. The van der Waals surface area contributed by atoms with Crippen LogP contribution >= 0.6 is 0 Å². The lowest BCUT2D eigenvalue weighted by atomic mass is 10.0. The average Bonchev–Trinajstić information content (AvgIpc) is 3.23. The maximum absolute atomic E-state index is 11.9. The lowest BCUT2D eigenvalue weighted by molar-refractivity contribution is -0.120. The Bertz CT molecular complexity index is 539. The molecule has 5 nitrogen and oxygen atoms in total. The lowest BCUT2D eigenvalue weighted by Crippen LogP contribution is -2.39. The number of rotatable bonds is 2. The minimum Gasteiger partial charge on any atom is -0.309 e. The van der Waals surface area contributed by atoms with Crippen LogP contribution in [-0.4, -0.2) is 34.7 Å². The molecule has 1 aliphatic carbocycles. The van der Waals surface area contributed by atoms with E-state index in [0.717, 1.165) is 30.8 Å².